The molecule has 0 amide bonds. The monoisotopic (exact) mass is 228 g/mol. The second kappa shape index (κ2) is 6.02. The molecule has 0 heterocycles. The van der Waals surface area contributed by atoms with Gasteiger partial charge in [-0.2, -0.15) is 0 Å². The maximum absolute atomic E-state index is 13.2. The van der Waals surface area contributed by atoms with Crippen molar-refractivity contribution in [3.8, 4) is 0 Å². The molecule has 4 nitrogen and oxygen atoms in total. The van der Waals surface area contributed by atoms with E-state index in [0.717, 1.165) is 18.2 Å². The van der Waals surface area contributed by atoms with Crippen LogP contribution in [0.25, 0.3) is 0 Å². The summed E-state index contributed by atoms with van der Waals surface area (Å²) in [5.74, 6) is 4.54. The molecule has 0 aliphatic rings. The highest BCUT2D eigenvalue weighted by molar-refractivity contribution is 5.79. The first-order valence-corrected chi connectivity index (χ1v) is 4.86. The van der Waals surface area contributed by atoms with Crippen LogP contribution in [0.3, 0.4) is 0 Å². The predicted octanol–water partition coefficient (Wildman–Crippen LogP) is 0.894. The van der Waals surface area contributed by atoms with Gasteiger partial charge in [-0.15, -0.1) is 0 Å². The molecule has 0 unspecified atom stereocenters. The molecule has 1 aromatic rings. The first-order chi connectivity index (χ1) is 7.67. The summed E-state index contributed by atoms with van der Waals surface area (Å²) < 4.78 is 26.0. The second-order valence-corrected chi connectivity index (χ2v) is 3.08. The zero-order valence-electron chi connectivity index (χ0n) is 8.93. The molecule has 0 aliphatic heterocycles. The van der Waals surface area contributed by atoms with Crippen LogP contribution in [-0.4, -0.2) is 12.5 Å². The van der Waals surface area contributed by atoms with Gasteiger partial charge < -0.3 is 5.32 Å². The van der Waals surface area contributed by atoms with Crippen molar-refractivity contribution in [3.05, 3.63) is 35.4 Å². The number of guanidine groups is 1. The van der Waals surface area contributed by atoms with Gasteiger partial charge in [-0.25, -0.2) is 19.6 Å². The van der Waals surface area contributed by atoms with Crippen LogP contribution in [0.15, 0.2) is 23.2 Å². The van der Waals surface area contributed by atoms with Crippen molar-refractivity contribution >= 4 is 5.96 Å². The van der Waals surface area contributed by atoms with E-state index >= 15 is 0 Å². The van der Waals surface area contributed by atoms with E-state index in [4.69, 9.17) is 5.84 Å². The number of nitrogens with zero attached hydrogens (tertiary/aromatic N) is 1. The second-order valence-electron chi connectivity index (χ2n) is 3.08. The third-order valence-electron chi connectivity index (χ3n) is 1.90. The first kappa shape index (κ1) is 12.4. The molecule has 1 aromatic carbocycles. The van der Waals surface area contributed by atoms with Crippen LogP contribution < -0.4 is 16.6 Å². The largest absolute Gasteiger partial charge is 0.356 e. The Morgan fingerprint density at radius 1 is 1.44 bits per heavy atom. The van der Waals surface area contributed by atoms with Gasteiger partial charge >= 0.3 is 0 Å². The van der Waals surface area contributed by atoms with E-state index in [1.165, 1.54) is 0 Å². The van der Waals surface area contributed by atoms with E-state index in [9.17, 15) is 8.78 Å². The van der Waals surface area contributed by atoms with Crippen LogP contribution in [0.1, 0.15) is 12.5 Å². The van der Waals surface area contributed by atoms with E-state index in [2.05, 4.69) is 15.7 Å². The molecule has 0 fully saturated rings. The average Bonchev–Trinajstić information content (AvgIpc) is 2.28. The first-order valence-electron chi connectivity index (χ1n) is 4.86. The van der Waals surface area contributed by atoms with Crippen molar-refractivity contribution in [2.75, 3.05) is 6.54 Å². The van der Waals surface area contributed by atoms with Gasteiger partial charge in [0, 0.05) is 12.1 Å². The van der Waals surface area contributed by atoms with Crippen molar-refractivity contribution in [1.29, 1.82) is 0 Å². The van der Waals surface area contributed by atoms with Gasteiger partial charge in [0.25, 0.3) is 0 Å². The summed E-state index contributed by atoms with van der Waals surface area (Å²) in [6, 6.07) is 3.25. The fourth-order valence-electron chi connectivity index (χ4n) is 1.15. The van der Waals surface area contributed by atoms with Crippen LogP contribution in [-0.2, 0) is 6.54 Å². The third kappa shape index (κ3) is 3.47. The lowest BCUT2D eigenvalue weighted by molar-refractivity contribution is 0.585. The van der Waals surface area contributed by atoms with Gasteiger partial charge in [0.15, 0.2) is 0 Å². The molecule has 6 heteroatoms. The minimum absolute atomic E-state index is 0.0239. The van der Waals surface area contributed by atoms with Gasteiger partial charge in [-0.05, 0) is 25.1 Å². The van der Waals surface area contributed by atoms with Crippen LogP contribution in [0.4, 0.5) is 8.78 Å². The normalized spacial score (nSPS) is 11.4. The molecular weight excluding hydrogens is 214 g/mol. The fourth-order valence-corrected chi connectivity index (χ4v) is 1.15. The van der Waals surface area contributed by atoms with Crippen molar-refractivity contribution in [1.82, 2.24) is 10.7 Å². The number of rotatable bonds is 3. The van der Waals surface area contributed by atoms with E-state index in [-0.39, 0.29) is 12.1 Å². The molecule has 0 aliphatic carbocycles. The Kier molecular flexibility index (Phi) is 4.65. The van der Waals surface area contributed by atoms with Crippen LogP contribution in [0.5, 0.6) is 0 Å². The standard InChI is InChI=1S/C10H14F2N4/c1-2-14-10(16-13)15-6-7-5-8(11)3-4-9(7)12/h3-5H,2,6,13H2,1H3,(H2,14,15,16). The number of hydrogen-bond acceptors (Lipinski definition) is 2. The van der Waals surface area contributed by atoms with Gasteiger partial charge in [0.2, 0.25) is 5.96 Å². The number of halogens is 2. The van der Waals surface area contributed by atoms with Crippen molar-refractivity contribution in [3.63, 3.8) is 0 Å². The van der Waals surface area contributed by atoms with Crippen molar-refractivity contribution < 1.29 is 8.78 Å². The number of nitrogens with two attached hydrogens (primary N) is 1. The molecule has 1 rings (SSSR count). The number of hydrogen-bond donors (Lipinski definition) is 3. The highest BCUT2D eigenvalue weighted by Crippen LogP contribution is 2.10. The molecule has 0 aromatic heterocycles. The number of benzene rings is 1. The minimum Gasteiger partial charge on any atom is -0.356 e. The van der Waals surface area contributed by atoms with Gasteiger partial charge in [0.05, 0.1) is 6.54 Å². The van der Waals surface area contributed by atoms with Gasteiger partial charge in [-0.3, -0.25) is 5.43 Å². The van der Waals surface area contributed by atoms with Gasteiger partial charge in [0.1, 0.15) is 11.6 Å². The average molecular weight is 228 g/mol. The molecule has 0 saturated heterocycles. The summed E-state index contributed by atoms with van der Waals surface area (Å²) in [7, 11) is 0. The molecule has 16 heavy (non-hydrogen) atoms. The molecule has 0 spiro atoms. The lowest BCUT2D eigenvalue weighted by Gasteiger charge is -2.06. The summed E-state index contributed by atoms with van der Waals surface area (Å²) in [5.41, 5.74) is 2.52. The summed E-state index contributed by atoms with van der Waals surface area (Å²) in [4.78, 5) is 3.97. The molecule has 0 atom stereocenters. The highest BCUT2D eigenvalue weighted by Gasteiger charge is 2.03. The van der Waals surface area contributed by atoms with Gasteiger partial charge in [-0.1, -0.05) is 0 Å². The summed E-state index contributed by atoms with van der Waals surface area (Å²) in [5, 5.41) is 2.83. The van der Waals surface area contributed by atoms with E-state index < -0.39 is 11.6 Å². The van der Waals surface area contributed by atoms with E-state index in [1.54, 1.807) is 0 Å². The number of aliphatic imine (C=N–C) groups is 1. The van der Waals surface area contributed by atoms with Crippen LogP contribution in [0, 0.1) is 11.6 Å². The van der Waals surface area contributed by atoms with Crippen molar-refractivity contribution in [2.24, 2.45) is 10.8 Å². The molecule has 0 bridgehead atoms. The van der Waals surface area contributed by atoms with E-state index in [0.29, 0.717) is 12.5 Å². The minimum atomic E-state index is -0.489. The Morgan fingerprint density at radius 3 is 2.81 bits per heavy atom. The zero-order valence-corrected chi connectivity index (χ0v) is 8.93. The van der Waals surface area contributed by atoms with E-state index in [1.807, 2.05) is 6.92 Å². The Hall–Kier alpha value is -1.69. The lowest BCUT2D eigenvalue weighted by Crippen LogP contribution is -2.41. The summed E-state index contributed by atoms with van der Waals surface area (Å²) in [6.07, 6.45) is 0. The maximum Gasteiger partial charge on any atom is 0.206 e. The zero-order chi connectivity index (χ0) is 12.0. The highest BCUT2D eigenvalue weighted by atomic mass is 19.1. The smallest absolute Gasteiger partial charge is 0.206 e. The predicted molar refractivity (Wildman–Crippen MR) is 58.5 cm³/mol. The molecule has 0 radical (unpaired) electrons. The Balaban J connectivity index is 2.75. The molecule has 4 N–H and O–H groups in total. The Bertz CT molecular complexity index is 379. The summed E-state index contributed by atoms with van der Waals surface area (Å²) >= 11 is 0. The Morgan fingerprint density at radius 2 is 2.19 bits per heavy atom. The van der Waals surface area contributed by atoms with Crippen LogP contribution in [0.2, 0.25) is 0 Å². The molecule has 0 saturated carbocycles. The quantitative estimate of drug-likeness (QED) is 0.312. The van der Waals surface area contributed by atoms with Crippen molar-refractivity contribution in [2.45, 2.75) is 13.5 Å². The SMILES string of the molecule is CCNC(=NCc1cc(F)ccc1F)NN. The maximum atomic E-state index is 13.2. The lowest BCUT2D eigenvalue weighted by atomic mass is 10.2. The van der Waals surface area contributed by atoms with Crippen LogP contribution >= 0.6 is 0 Å². The fraction of sp³-hybridized carbons (Fsp3) is 0.300. The Labute approximate surface area is 92.5 Å². The number of hydrazine groups is 1. The number of nitrogens with one attached hydrogen (secondary N) is 2. The summed E-state index contributed by atoms with van der Waals surface area (Å²) in [6.45, 7) is 2.53. The molecular formula is C10H14F2N4. The third-order valence-corrected chi connectivity index (χ3v) is 1.90. The molecule has 88 valence electrons. The topological polar surface area (TPSA) is 62.4 Å².